The predicted octanol–water partition coefficient (Wildman–Crippen LogP) is 0.361. The molecule has 0 radical (unpaired) electrons. The highest BCUT2D eigenvalue weighted by molar-refractivity contribution is 4.17. The van der Waals surface area contributed by atoms with Crippen molar-refractivity contribution in [2.45, 2.75) is 20.1 Å². The lowest BCUT2D eigenvalue weighted by Crippen LogP contribution is -2.04. The molecule has 2 nitrogen and oxygen atoms in total. The minimum Gasteiger partial charge on any atom is -0.368 e. The normalized spacial score (nSPS) is 14.5. The fourth-order valence-corrected chi connectivity index (χ4v) is 0.241. The quantitative estimate of drug-likeness (QED) is 0.496. The Morgan fingerprint density at radius 3 is 2.33 bits per heavy atom. The van der Waals surface area contributed by atoms with Gasteiger partial charge < -0.3 is 9.84 Å². The van der Waals surface area contributed by atoms with Gasteiger partial charge >= 0.3 is 0 Å². The largest absolute Gasteiger partial charge is 0.368 e. The van der Waals surface area contributed by atoms with Crippen LogP contribution in [0.2, 0.25) is 0 Å². The molecule has 1 N–H and O–H groups in total. The van der Waals surface area contributed by atoms with Crippen molar-refractivity contribution in [1.82, 2.24) is 0 Å². The molecule has 0 saturated carbocycles. The van der Waals surface area contributed by atoms with Crippen LogP contribution >= 0.6 is 0 Å². The maximum absolute atomic E-state index is 8.33. The lowest BCUT2D eigenvalue weighted by atomic mass is 10.7. The summed E-state index contributed by atoms with van der Waals surface area (Å²) in [5.41, 5.74) is 0. The molecule has 0 spiro atoms. The molecule has 0 fully saturated rings. The van der Waals surface area contributed by atoms with Gasteiger partial charge in [-0.25, -0.2) is 0 Å². The molecule has 0 aliphatic carbocycles. The highest BCUT2D eigenvalue weighted by atomic mass is 16.6. The van der Waals surface area contributed by atoms with E-state index >= 15 is 0 Å². The van der Waals surface area contributed by atoms with E-state index in [0.29, 0.717) is 6.61 Å². The van der Waals surface area contributed by atoms with E-state index in [1.54, 1.807) is 6.92 Å². The minimum atomic E-state index is -0.602. The zero-order chi connectivity index (χ0) is 4.99. The number of aliphatic hydroxyl groups excluding tert-OH is 1. The van der Waals surface area contributed by atoms with E-state index in [1.165, 1.54) is 0 Å². The molecule has 0 saturated heterocycles. The van der Waals surface area contributed by atoms with Crippen LogP contribution in [0.1, 0.15) is 13.8 Å². The van der Waals surface area contributed by atoms with Gasteiger partial charge in [0.15, 0.2) is 6.29 Å². The van der Waals surface area contributed by atoms with Crippen molar-refractivity contribution in [3.63, 3.8) is 0 Å². The average Bonchev–Trinajstić information content (AvgIpc) is 1.35. The summed E-state index contributed by atoms with van der Waals surface area (Å²) in [5.74, 6) is 0. The Morgan fingerprint density at radius 1 is 1.83 bits per heavy atom. The number of aliphatic hydroxyl groups is 1. The fraction of sp³-hybridized carbons (Fsp3) is 1.00. The van der Waals surface area contributed by atoms with Crippen molar-refractivity contribution < 1.29 is 9.84 Å². The second-order valence-electron chi connectivity index (χ2n) is 1.05. The summed E-state index contributed by atoms with van der Waals surface area (Å²) in [4.78, 5) is 0. The van der Waals surface area contributed by atoms with Gasteiger partial charge in [-0.1, -0.05) is 0 Å². The number of rotatable bonds is 2. The first-order valence-corrected chi connectivity index (χ1v) is 2.07. The monoisotopic (exact) mass is 90.1 g/mol. The van der Waals surface area contributed by atoms with E-state index in [4.69, 9.17) is 5.11 Å². The van der Waals surface area contributed by atoms with Crippen molar-refractivity contribution in [2.75, 3.05) is 6.61 Å². The summed E-state index contributed by atoms with van der Waals surface area (Å²) < 4.78 is 4.60. The SMILES string of the molecule is CCOC(C)O. The van der Waals surface area contributed by atoms with Gasteiger partial charge in [0.05, 0.1) is 0 Å². The Morgan fingerprint density at radius 2 is 2.33 bits per heavy atom. The van der Waals surface area contributed by atoms with Crippen LogP contribution in [0.5, 0.6) is 0 Å². The molecule has 0 aromatic heterocycles. The molecule has 0 aromatic carbocycles. The molecule has 0 aliphatic rings. The van der Waals surface area contributed by atoms with Crippen molar-refractivity contribution in [1.29, 1.82) is 0 Å². The van der Waals surface area contributed by atoms with Gasteiger partial charge in [0, 0.05) is 6.61 Å². The van der Waals surface area contributed by atoms with Crippen LogP contribution in [-0.2, 0) is 4.74 Å². The minimum absolute atomic E-state index is 0.581. The summed E-state index contributed by atoms with van der Waals surface area (Å²) in [6.45, 7) is 4.01. The molecule has 38 valence electrons. The maximum atomic E-state index is 8.33. The lowest BCUT2D eigenvalue weighted by molar-refractivity contribution is -0.0800. The van der Waals surface area contributed by atoms with Gasteiger partial charge in [-0.3, -0.25) is 0 Å². The van der Waals surface area contributed by atoms with Crippen molar-refractivity contribution in [3.8, 4) is 0 Å². The summed E-state index contributed by atoms with van der Waals surface area (Å²) in [5, 5.41) is 8.33. The third kappa shape index (κ3) is 3.92. The molecule has 1 atom stereocenters. The zero-order valence-electron chi connectivity index (χ0n) is 4.14. The second kappa shape index (κ2) is 3.12. The van der Waals surface area contributed by atoms with Crippen molar-refractivity contribution in [2.24, 2.45) is 0 Å². The Bertz CT molecular complexity index is 26.7. The Labute approximate surface area is 37.7 Å². The van der Waals surface area contributed by atoms with E-state index in [1.807, 2.05) is 6.92 Å². The molecule has 2 heteroatoms. The van der Waals surface area contributed by atoms with E-state index in [-0.39, 0.29) is 0 Å². The Balaban J connectivity index is 2.63. The van der Waals surface area contributed by atoms with E-state index < -0.39 is 6.29 Å². The first-order chi connectivity index (χ1) is 2.77. The number of hydrogen-bond donors (Lipinski definition) is 1. The molecular weight excluding hydrogens is 80.0 g/mol. The predicted molar refractivity (Wildman–Crippen MR) is 23.3 cm³/mol. The number of ether oxygens (including phenoxy) is 1. The van der Waals surface area contributed by atoms with Crippen LogP contribution in [0.25, 0.3) is 0 Å². The molecule has 0 amide bonds. The van der Waals surface area contributed by atoms with E-state index in [9.17, 15) is 0 Å². The van der Waals surface area contributed by atoms with Crippen LogP contribution in [0.3, 0.4) is 0 Å². The van der Waals surface area contributed by atoms with Crippen molar-refractivity contribution in [3.05, 3.63) is 0 Å². The van der Waals surface area contributed by atoms with Gasteiger partial charge in [-0.05, 0) is 13.8 Å². The van der Waals surface area contributed by atoms with Gasteiger partial charge in [-0.15, -0.1) is 0 Å². The first-order valence-electron chi connectivity index (χ1n) is 2.07. The van der Waals surface area contributed by atoms with E-state index in [0.717, 1.165) is 0 Å². The molecule has 1 unspecified atom stereocenters. The lowest BCUT2D eigenvalue weighted by Gasteiger charge is -1.99. The second-order valence-corrected chi connectivity index (χ2v) is 1.05. The topological polar surface area (TPSA) is 29.5 Å². The first kappa shape index (κ1) is 5.92. The summed E-state index contributed by atoms with van der Waals surface area (Å²) in [7, 11) is 0. The van der Waals surface area contributed by atoms with Gasteiger partial charge in [0.25, 0.3) is 0 Å². The summed E-state index contributed by atoms with van der Waals surface area (Å²) in [6.07, 6.45) is -0.602. The molecule has 0 aromatic rings. The van der Waals surface area contributed by atoms with Crippen LogP contribution in [0, 0.1) is 0 Å². The van der Waals surface area contributed by atoms with E-state index in [2.05, 4.69) is 4.74 Å². The fourth-order valence-electron chi connectivity index (χ4n) is 0.241. The van der Waals surface area contributed by atoms with Crippen LogP contribution in [0.4, 0.5) is 0 Å². The standard InChI is InChI=1S/C4H10O2/c1-3-6-4(2)5/h4-5H,3H2,1-2H3. The van der Waals surface area contributed by atoms with Crippen LogP contribution < -0.4 is 0 Å². The van der Waals surface area contributed by atoms with Crippen molar-refractivity contribution >= 4 is 0 Å². The maximum Gasteiger partial charge on any atom is 0.151 e. The van der Waals surface area contributed by atoms with Crippen LogP contribution in [-0.4, -0.2) is 18.0 Å². The molecule has 0 bridgehead atoms. The summed E-state index contributed by atoms with van der Waals surface area (Å²) >= 11 is 0. The molecule has 0 heterocycles. The third-order valence-electron chi connectivity index (χ3n) is 0.408. The summed E-state index contributed by atoms with van der Waals surface area (Å²) in [6, 6.07) is 0. The smallest absolute Gasteiger partial charge is 0.151 e. The molecule has 0 aliphatic heterocycles. The molecule has 6 heavy (non-hydrogen) atoms. The highest BCUT2D eigenvalue weighted by Crippen LogP contribution is 1.78. The third-order valence-corrected chi connectivity index (χ3v) is 0.408. The highest BCUT2D eigenvalue weighted by Gasteiger charge is 1.85. The average molecular weight is 90.1 g/mol. The van der Waals surface area contributed by atoms with Gasteiger partial charge in [-0.2, -0.15) is 0 Å². The number of hydrogen-bond acceptors (Lipinski definition) is 2. The Kier molecular flexibility index (Phi) is 3.08. The van der Waals surface area contributed by atoms with Gasteiger partial charge in [0.2, 0.25) is 0 Å². The van der Waals surface area contributed by atoms with Gasteiger partial charge in [0.1, 0.15) is 0 Å². The Hall–Kier alpha value is -0.0800. The molecule has 0 rings (SSSR count). The van der Waals surface area contributed by atoms with Crippen LogP contribution in [0.15, 0.2) is 0 Å². The zero-order valence-corrected chi connectivity index (χ0v) is 4.14. The molecular formula is C4H10O2.